The Labute approximate surface area is 181 Å². The number of nitrogens with zero attached hydrogens (tertiary/aromatic N) is 5. The summed E-state index contributed by atoms with van der Waals surface area (Å²) in [6.07, 6.45) is 7.49. The molecule has 0 saturated heterocycles. The number of hydrogen-bond donors (Lipinski definition) is 0. The molecule has 0 aliphatic rings. The Kier molecular flexibility index (Phi) is 5.61. The van der Waals surface area contributed by atoms with Gasteiger partial charge in [0.25, 0.3) is 5.56 Å². The number of fused-ring (bicyclic) bond motifs is 1. The molecule has 0 N–H and O–H groups in total. The van der Waals surface area contributed by atoms with E-state index < -0.39 is 0 Å². The van der Waals surface area contributed by atoms with Gasteiger partial charge in [0, 0.05) is 39.5 Å². The quantitative estimate of drug-likeness (QED) is 0.266. The van der Waals surface area contributed by atoms with E-state index in [0.29, 0.717) is 44.3 Å². The number of aldehydes is 1. The summed E-state index contributed by atoms with van der Waals surface area (Å²) in [7, 11) is 0. The highest BCUT2D eigenvalue weighted by Crippen LogP contribution is 2.31. The van der Waals surface area contributed by atoms with Crippen LogP contribution in [0.25, 0.3) is 33.4 Å². The van der Waals surface area contributed by atoms with Crippen molar-refractivity contribution in [2.45, 2.75) is 18.6 Å². The van der Waals surface area contributed by atoms with E-state index in [1.165, 1.54) is 16.3 Å². The molecule has 0 atom stereocenters. The van der Waals surface area contributed by atoms with Gasteiger partial charge < -0.3 is 4.79 Å². The predicted molar refractivity (Wildman–Crippen MR) is 118 cm³/mol. The van der Waals surface area contributed by atoms with Crippen LogP contribution in [0.4, 0.5) is 0 Å². The minimum Gasteiger partial charge on any atom is -0.301 e. The summed E-state index contributed by atoms with van der Waals surface area (Å²) in [6.45, 7) is 1.75. The lowest BCUT2D eigenvalue weighted by Gasteiger charge is -2.12. The van der Waals surface area contributed by atoms with Crippen LogP contribution in [0.1, 0.15) is 5.69 Å². The topological polar surface area (TPSA) is 90.6 Å². The third kappa shape index (κ3) is 3.71. The summed E-state index contributed by atoms with van der Waals surface area (Å²) in [5.41, 5.74) is 3.28. The van der Waals surface area contributed by atoms with Gasteiger partial charge in [0.05, 0.1) is 24.1 Å². The zero-order chi connectivity index (χ0) is 21.3. The zero-order valence-corrected chi connectivity index (χ0v) is 17.7. The number of benzene rings is 1. The van der Waals surface area contributed by atoms with Crippen molar-refractivity contribution in [1.29, 1.82) is 0 Å². The van der Waals surface area contributed by atoms with Crippen molar-refractivity contribution in [1.82, 2.24) is 24.5 Å². The largest absolute Gasteiger partial charge is 0.301 e. The molecule has 0 saturated carbocycles. The third-order valence-electron chi connectivity index (χ3n) is 4.55. The van der Waals surface area contributed by atoms with Gasteiger partial charge in [-0.05, 0) is 25.3 Å². The van der Waals surface area contributed by atoms with Crippen LogP contribution in [0, 0.1) is 6.92 Å². The molecule has 0 amide bonds. The van der Waals surface area contributed by atoms with Crippen LogP contribution in [-0.4, -0.2) is 37.0 Å². The van der Waals surface area contributed by atoms with Crippen molar-refractivity contribution in [2.75, 3.05) is 6.26 Å². The average molecular weight is 438 g/mol. The summed E-state index contributed by atoms with van der Waals surface area (Å²) in [5.74, 6) is 0. The second-order valence-electron chi connectivity index (χ2n) is 6.52. The number of thioether (sulfide) groups is 1. The second kappa shape index (κ2) is 8.33. The lowest BCUT2D eigenvalue weighted by molar-refractivity contribution is -0.108. The van der Waals surface area contributed by atoms with E-state index in [1.807, 2.05) is 19.2 Å². The van der Waals surface area contributed by atoms with Crippen LogP contribution >= 0.6 is 23.4 Å². The normalized spacial score (nSPS) is 11.0. The van der Waals surface area contributed by atoms with E-state index in [2.05, 4.69) is 19.9 Å². The summed E-state index contributed by atoms with van der Waals surface area (Å²) in [5, 5.41) is 1.57. The predicted octanol–water partition coefficient (Wildman–Crippen LogP) is 3.80. The molecule has 0 fully saturated rings. The Hall–Kier alpha value is -3.10. The number of rotatable bonds is 5. The fourth-order valence-corrected chi connectivity index (χ4v) is 3.79. The molecule has 0 unspecified atom stereocenters. The Morgan fingerprint density at radius 2 is 1.97 bits per heavy atom. The van der Waals surface area contributed by atoms with Crippen molar-refractivity contribution in [2.24, 2.45) is 0 Å². The maximum absolute atomic E-state index is 13.2. The van der Waals surface area contributed by atoms with E-state index in [4.69, 9.17) is 11.6 Å². The first-order valence-electron chi connectivity index (χ1n) is 8.99. The number of aromatic nitrogens is 5. The number of hydrogen-bond acceptors (Lipinski definition) is 7. The van der Waals surface area contributed by atoms with Crippen molar-refractivity contribution >= 4 is 40.7 Å². The Morgan fingerprint density at radius 1 is 1.13 bits per heavy atom. The van der Waals surface area contributed by atoms with Crippen LogP contribution in [0.5, 0.6) is 0 Å². The maximum atomic E-state index is 13.2. The number of carbonyl (C=O) groups excluding carboxylic acids is 1. The Morgan fingerprint density at radius 3 is 2.67 bits per heavy atom. The molecule has 0 aliphatic carbocycles. The molecule has 9 heteroatoms. The first kappa shape index (κ1) is 20.2. The van der Waals surface area contributed by atoms with Gasteiger partial charge in [-0.2, -0.15) is 0 Å². The Balaban J connectivity index is 1.90. The minimum atomic E-state index is -0.342. The first-order valence-corrected chi connectivity index (χ1v) is 10.6. The summed E-state index contributed by atoms with van der Waals surface area (Å²) < 4.78 is 1.34. The number of carbonyl (C=O) groups is 1. The van der Waals surface area contributed by atoms with Crippen molar-refractivity contribution in [3.05, 3.63) is 63.9 Å². The minimum absolute atomic E-state index is 0.109. The Bertz CT molecular complexity index is 1340. The molecule has 4 rings (SSSR count). The lowest BCUT2D eigenvalue weighted by Crippen LogP contribution is -2.24. The molecule has 0 bridgehead atoms. The lowest BCUT2D eigenvalue weighted by atomic mass is 10.0. The molecule has 3 heterocycles. The van der Waals surface area contributed by atoms with Gasteiger partial charge in [-0.3, -0.25) is 14.3 Å². The first-order chi connectivity index (χ1) is 14.5. The molecule has 30 heavy (non-hydrogen) atoms. The molecule has 1 aromatic carbocycles. The van der Waals surface area contributed by atoms with Crippen LogP contribution < -0.4 is 5.56 Å². The van der Waals surface area contributed by atoms with Crippen molar-refractivity contribution < 1.29 is 4.79 Å². The summed E-state index contributed by atoms with van der Waals surface area (Å²) in [6, 6.07) is 7.07. The van der Waals surface area contributed by atoms with E-state index in [-0.39, 0.29) is 12.1 Å². The fourth-order valence-electron chi connectivity index (χ4n) is 3.17. The van der Waals surface area contributed by atoms with E-state index in [9.17, 15) is 9.59 Å². The van der Waals surface area contributed by atoms with Crippen LogP contribution in [-0.2, 0) is 11.3 Å². The van der Waals surface area contributed by atoms with Crippen molar-refractivity contribution in [3.8, 4) is 22.4 Å². The van der Waals surface area contributed by atoms with E-state index in [1.54, 1.807) is 36.8 Å². The van der Waals surface area contributed by atoms with Gasteiger partial charge in [-0.15, -0.1) is 0 Å². The highest BCUT2D eigenvalue weighted by molar-refractivity contribution is 7.98. The number of pyridine rings is 1. The van der Waals surface area contributed by atoms with Crippen LogP contribution in [0.3, 0.4) is 0 Å². The molecule has 7 nitrogen and oxygen atoms in total. The molecular weight excluding hydrogens is 422 g/mol. The van der Waals surface area contributed by atoms with Gasteiger partial charge in [0.15, 0.2) is 5.16 Å². The maximum Gasteiger partial charge on any atom is 0.260 e. The highest BCUT2D eigenvalue weighted by Gasteiger charge is 2.16. The molecule has 150 valence electrons. The van der Waals surface area contributed by atoms with E-state index in [0.717, 1.165) is 11.3 Å². The van der Waals surface area contributed by atoms with Gasteiger partial charge >= 0.3 is 0 Å². The zero-order valence-electron chi connectivity index (χ0n) is 16.2. The molecular formula is C21H16ClN5O2S. The smallest absolute Gasteiger partial charge is 0.260 e. The third-order valence-corrected chi connectivity index (χ3v) is 5.43. The monoisotopic (exact) mass is 437 g/mol. The molecule has 4 aromatic rings. The molecule has 0 aliphatic heterocycles. The molecule has 0 spiro atoms. The second-order valence-corrected chi connectivity index (χ2v) is 7.70. The fraction of sp³-hybridized carbons (Fsp3) is 0.143. The van der Waals surface area contributed by atoms with Crippen LogP contribution in [0.2, 0.25) is 5.02 Å². The number of halogens is 1. The van der Waals surface area contributed by atoms with Gasteiger partial charge in [0.1, 0.15) is 11.9 Å². The van der Waals surface area contributed by atoms with E-state index >= 15 is 0 Å². The molecule has 3 aromatic heterocycles. The van der Waals surface area contributed by atoms with Crippen LogP contribution in [0.15, 0.2) is 52.8 Å². The van der Waals surface area contributed by atoms with Gasteiger partial charge in [-0.1, -0.05) is 35.5 Å². The summed E-state index contributed by atoms with van der Waals surface area (Å²) >= 11 is 7.92. The average Bonchev–Trinajstić information content (AvgIpc) is 2.75. The SMILES string of the molecule is CSc1ncc2cc(-c3ccc(-c4cncc(C)n4)cc3Cl)c(=O)n(CC=O)c2n1. The molecule has 0 radical (unpaired) electrons. The number of aryl methyl sites for hydroxylation is 1. The highest BCUT2D eigenvalue weighted by atomic mass is 35.5. The van der Waals surface area contributed by atoms with Crippen molar-refractivity contribution in [3.63, 3.8) is 0 Å². The standard InChI is InChI=1S/C21H16ClN5O2S/c1-12-9-23-11-18(25-12)13-3-4-15(17(22)8-13)16-7-14-10-24-21(30-2)26-19(14)27(5-6-28)20(16)29/h3-4,6-11H,5H2,1-2H3. The summed E-state index contributed by atoms with van der Waals surface area (Å²) in [4.78, 5) is 41.7. The van der Waals surface area contributed by atoms with Gasteiger partial charge in [-0.25, -0.2) is 15.0 Å². The van der Waals surface area contributed by atoms with Gasteiger partial charge in [0.2, 0.25) is 0 Å².